The van der Waals surface area contributed by atoms with Crippen LogP contribution in [0, 0.1) is 5.82 Å². The summed E-state index contributed by atoms with van der Waals surface area (Å²) in [7, 11) is 0. The van der Waals surface area contributed by atoms with Gasteiger partial charge in [0.25, 0.3) is 5.91 Å². The fraction of sp³-hybridized carbons (Fsp3) is 0.467. The molecule has 1 saturated carbocycles. The van der Waals surface area contributed by atoms with Crippen molar-refractivity contribution in [3.05, 3.63) is 35.6 Å². The molecule has 0 heterocycles. The molecule has 1 atom stereocenters. The number of nitrogens with zero attached hydrogens (tertiary/aromatic N) is 1. The molecule has 1 unspecified atom stereocenters. The maximum Gasteiger partial charge on any atom is 0.332 e. The SMILES string of the molecule is CCOC(=O)C(N)C(=O)N(Cc1ccc(F)cc1)C1CC1. The molecule has 0 bridgehead atoms. The van der Waals surface area contributed by atoms with Crippen molar-refractivity contribution in [2.75, 3.05) is 6.61 Å². The number of hydrogen-bond donors (Lipinski definition) is 1. The molecule has 0 radical (unpaired) electrons. The summed E-state index contributed by atoms with van der Waals surface area (Å²) < 4.78 is 17.7. The summed E-state index contributed by atoms with van der Waals surface area (Å²) in [5.41, 5.74) is 6.46. The minimum atomic E-state index is -1.30. The van der Waals surface area contributed by atoms with Gasteiger partial charge in [0.1, 0.15) is 5.82 Å². The Balaban J connectivity index is 2.06. The number of rotatable bonds is 6. The lowest BCUT2D eigenvalue weighted by molar-refractivity contribution is -0.151. The van der Waals surface area contributed by atoms with Gasteiger partial charge >= 0.3 is 5.97 Å². The van der Waals surface area contributed by atoms with Crippen LogP contribution in [0.1, 0.15) is 25.3 Å². The van der Waals surface area contributed by atoms with Crippen molar-refractivity contribution in [1.82, 2.24) is 4.90 Å². The molecule has 6 heteroatoms. The standard InChI is InChI=1S/C15H19FN2O3/c1-2-21-15(20)13(17)14(19)18(12-7-8-12)9-10-3-5-11(16)6-4-10/h3-6,12-13H,2,7-9,17H2,1H3. The van der Waals surface area contributed by atoms with Crippen LogP contribution in [0.15, 0.2) is 24.3 Å². The van der Waals surface area contributed by atoms with Gasteiger partial charge in [-0.3, -0.25) is 4.79 Å². The first-order valence-electron chi connectivity index (χ1n) is 7.00. The van der Waals surface area contributed by atoms with Crippen molar-refractivity contribution >= 4 is 11.9 Å². The van der Waals surface area contributed by atoms with Crippen molar-refractivity contribution in [1.29, 1.82) is 0 Å². The number of hydrogen-bond acceptors (Lipinski definition) is 4. The molecule has 1 aromatic rings. The van der Waals surface area contributed by atoms with Gasteiger partial charge in [-0.05, 0) is 37.5 Å². The third kappa shape index (κ3) is 4.01. The number of halogens is 1. The maximum atomic E-state index is 12.9. The smallest absolute Gasteiger partial charge is 0.332 e. The van der Waals surface area contributed by atoms with Crippen LogP contribution in [-0.4, -0.2) is 35.5 Å². The Morgan fingerprint density at radius 3 is 2.52 bits per heavy atom. The lowest BCUT2D eigenvalue weighted by Gasteiger charge is -2.25. The fourth-order valence-corrected chi connectivity index (χ4v) is 2.07. The largest absolute Gasteiger partial charge is 0.464 e. The highest BCUT2D eigenvalue weighted by Crippen LogP contribution is 2.29. The Morgan fingerprint density at radius 1 is 1.38 bits per heavy atom. The molecule has 1 fully saturated rings. The van der Waals surface area contributed by atoms with Crippen LogP contribution < -0.4 is 5.73 Å². The van der Waals surface area contributed by atoms with E-state index in [4.69, 9.17) is 10.5 Å². The van der Waals surface area contributed by atoms with E-state index in [1.165, 1.54) is 12.1 Å². The second-order valence-electron chi connectivity index (χ2n) is 5.05. The van der Waals surface area contributed by atoms with Crippen LogP contribution in [0.2, 0.25) is 0 Å². The third-order valence-corrected chi connectivity index (χ3v) is 3.34. The van der Waals surface area contributed by atoms with E-state index >= 15 is 0 Å². The fourth-order valence-electron chi connectivity index (χ4n) is 2.07. The van der Waals surface area contributed by atoms with Gasteiger partial charge in [0, 0.05) is 12.6 Å². The molecule has 5 nitrogen and oxygen atoms in total. The average Bonchev–Trinajstić information content (AvgIpc) is 3.30. The Labute approximate surface area is 122 Å². The maximum absolute atomic E-state index is 12.9. The number of benzene rings is 1. The topological polar surface area (TPSA) is 72.6 Å². The van der Waals surface area contributed by atoms with E-state index in [-0.39, 0.29) is 18.5 Å². The first kappa shape index (κ1) is 15.4. The van der Waals surface area contributed by atoms with Gasteiger partial charge in [-0.25, -0.2) is 9.18 Å². The summed E-state index contributed by atoms with van der Waals surface area (Å²) >= 11 is 0. The first-order chi connectivity index (χ1) is 10.0. The summed E-state index contributed by atoms with van der Waals surface area (Å²) in [5.74, 6) is -1.49. The number of amides is 1. The lowest BCUT2D eigenvalue weighted by Crippen LogP contribution is -2.49. The normalized spacial score (nSPS) is 15.4. The second-order valence-corrected chi connectivity index (χ2v) is 5.05. The third-order valence-electron chi connectivity index (χ3n) is 3.34. The molecule has 1 aliphatic rings. The van der Waals surface area contributed by atoms with Gasteiger partial charge in [-0.15, -0.1) is 0 Å². The van der Waals surface area contributed by atoms with Crippen LogP contribution in [-0.2, 0) is 20.9 Å². The summed E-state index contributed by atoms with van der Waals surface area (Å²) in [5, 5.41) is 0. The van der Waals surface area contributed by atoms with E-state index in [1.54, 1.807) is 24.0 Å². The van der Waals surface area contributed by atoms with Gasteiger partial charge in [-0.1, -0.05) is 12.1 Å². The molecule has 0 saturated heterocycles. The van der Waals surface area contributed by atoms with Gasteiger partial charge < -0.3 is 15.4 Å². The van der Waals surface area contributed by atoms with E-state index in [0.717, 1.165) is 18.4 Å². The molecule has 0 aromatic heterocycles. The molecule has 2 rings (SSSR count). The Morgan fingerprint density at radius 2 is 2.00 bits per heavy atom. The lowest BCUT2D eigenvalue weighted by atomic mass is 10.2. The number of carbonyl (C=O) groups is 2. The van der Waals surface area contributed by atoms with E-state index in [2.05, 4.69) is 0 Å². The molecule has 0 spiro atoms. The van der Waals surface area contributed by atoms with Crippen molar-refractivity contribution in [2.45, 2.75) is 38.4 Å². The first-order valence-corrected chi connectivity index (χ1v) is 7.00. The number of nitrogens with two attached hydrogens (primary N) is 1. The zero-order valence-electron chi connectivity index (χ0n) is 11.9. The summed E-state index contributed by atoms with van der Waals surface area (Å²) in [6.45, 7) is 2.16. The summed E-state index contributed by atoms with van der Waals surface area (Å²) in [6.07, 6.45) is 1.78. The minimum Gasteiger partial charge on any atom is -0.464 e. The van der Waals surface area contributed by atoms with Crippen LogP contribution in [0.4, 0.5) is 4.39 Å². The molecule has 0 aliphatic heterocycles. The van der Waals surface area contributed by atoms with Crippen LogP contribution in [0.5, 0.6) is 0 Å². The monoisotopic (exact) mass is 294 g/mol. The Hall–Kier alpha value is -1.95. The van der Waals surface area contributed by atoms with Crippen LogP contribution in [0.25, 0.3) is 0 Å². The predicted octanol–water partition coefficient (Wildman–Crippen LogP) is 1.21. The van der Waals surface area contributed by atoms with Gasteiger partial charge in [-0.2, -0.15) is 0 Å². The van der Waals surface area contributed by atoms with Gasteiger partial charge in [0.2, 0.25) is 0 Å². The van der Waals surface area contributed by atoms with E-state index in [0.29, 0.717) is 6.54 Å². The summed E-state index contributed by atoms with van der Waals surface area (Å²) in [6, 6.07) is 4.72. The quantitative estimate of drug-likeness (QED) is 0.632. The Bertz CT molecular complexity index is 514. The average molecular weight is 294 g/mol. The zero-order chi connectivity index (χ0) is 15.4. The molecule has 114 valence electrons. The number of ether oxygens (including phenoxy) is 1. The van der Waals surface area contributed by atoms with Crippen molar-refractivity contribution in [2.24, 2.45) is 5.73 Å². The van der Waals surface area contributed by atoms with Gasteiger partial charge in [0.05, 0.1) is 6.61 Å². The molecule has 1 aromatic carbocycles. The molecular formula is C15H19FN2O3. The van der Waals surface area contributed by atoms with Crippen LogP contribution >= 0.6 is 0 Å². The minimum absolute atomic E-state index is 0.100. The number of carbonyl (C=O) groups excluding carboxylic acids is 2. The van der Waals surface area contributed by atoms with Crippen molar-refractivity contribution in [3.8, 4) is 0 Å². The number of esters is 1. The summed E-state index contributed by atoms with van der Waals surface area (Å²) in [4.78, 5) is 25.5. The molecular weight excluding hydrogens is 275 g/mol. The highest BCUT2D eigenvalue weighted by atomic mass is 19.1. The highest BCUT2D eigenvalue weighted by Gasteiger charge is 2.37. The van der Waals surface area contributed by atoms with Crippen LogP contribution in [0.3, 0.4) is 0 Å². The van der Waals surface area contributed by atoms with Crippen molar-refractivity contribution < 1.29 is 18.7 Å². The zero-order valence-corrected chi connectivity index (χ0v) is 11.9. The van der Waals surface area contributed by atoms with Gasteiger partial charge in [0.15, 0.2) is 6.04 Å². The van der Waals surface area contributed by atoms with E-state index in [9.17, 15) is 14.0 Å². The molecule has 1 amide bonds. The van der Waals surface area contributed by atoms with E-state index < -0.39 is 17.9 Å². The molecule has 2 N–H and O–H groups in total. The van der Waals surface area contributed by atoms with E-state index in [1.807, 2.05) is 0 Å². The second kappa shape index (κ2) is 6.67. The highest BCUT2D eigenvalue weighted by molar-refractivity contribution is 6.01. The Kier molecular flexibility index (Phi) is 4.90. The van der Waals surface area contributed by atoms with Crippen molar-refractivity contribution in [3.63, 3.8) is 0 Å². The molecule has 1 aliphatic carbocycles. The predicted molar refractivity (Wildman–Crippen MR) is 74.6 cm³/mol. The molecule has 21 heavy (non-hydrogen) atoms.